The van der Waals surface area contributed by atoms with Gasteiger partial charge in [0, 0.05) is 0 Å². The third-order valence-corrected chi connectivity index (χ3v) is 1.75. The third kappa shape index (κ3) is 10.1. The summed E-state index contributed by atoms with van der Waals surface area (Å²) in [5.41, 5.74) is 0.464. The molecule has 0 N–H and O–H groups in total. The van der Waals surface area contributed by atoms with E-state index in [1.54, 1.807) is 0 Å². The van der Waals surface area contributed by atoms with Crippen molar-refractivity contribution in [2.24, 2.45) is 5.41 Å². The smallest absolute Gasteiger partial charge is 0.0716 e. The van der Waals surface area contributed by atoms with Crippen LogP contribution in [0.3, 0.4) is 0 Å². The van der Waals surface area contributed by atoms with Gasteiger partial charge < -0.3 is 0 Å². The maximum absolute atomic E-state index is 5.86. The fourth-order valence-electron chi connectivity index (χ4n) is 1.07. The Morgan fingerprint density at radius 1 is 0.909 bits per heavy atom. The molecule has 0 bridgehead atoms. The molecule has 0 aromatic heterocycles. The normalized spacial score (nSPS) is 13.5. The minimum atomic E-state index is 0.0191. The zero-order chi connectivity index (χ0) is 9.12. The highest BCUT2D eigenvalue weighted by atomic mass is 14.2. The zero-order valence-electron chi connectivity index (χ0n) is 8.70. The maximum atomic E-state index is 5.86. The predicted octanol–water partition coefficient (Wildman–Crippen LogP) is 3.57. The minimum absolute atomic E-state index is 0.0191. The van der Waals surface area contributed by atoms with Crippen molar-refractivity contribution in [2.45, 2.75) is 59.2 Å². The largest absolute Gasteiger partial charge is 0.0738 e. The lowest BCUT2D eigenvalue weighted by Crippen LogP contribution is -2.07. The van der Waals surface area contributed by atoms with Crippen molar-refractivity contribution >= 4 is 7.85 Å². The van der Waals surface area contributed by atoms with Crippen molar-refractivity contribution in [3.63, 3.8) is 0 Å². The Morgan fingerprint density at radius 3 is 1.64 bits per heavy atom. The zero-order valence-corrected chi connectivity index (χ0v) is 8.70. The van der Waals surface area contributed by atoms with Gasteiger partial charge in [-0.1, -0.05) is 52.8 Å². The van der Waals surface area contributed by atoms with E-state index in [-0.39, 0.29) is 5.31 Å². The van der Waals surface area contributed by atoms with Crippen molar-refractivity contribution in [3.05, 3.63) is 0 Å². The SMILES string of the molecule is [B]C(C)(C)CCCC(C)(C)C. The van der Waals surface area contributed by atoms with Crippen LogP contribution in [0.25, 0.3) is 0 Å². The van der Waals surface area contributed by atoms with Crippen LogP contribution >= 0.6 is 0 Å². The van der Waals surface area contributed by atoms with E-state index in [2.05, 4.69) is 34.6 Å². The van der Waals surface area contributed by atoms with Crippen LogP contribution in [0.4, 0.5) is 0 Å². The highest BCUT2D eigenvalue weighted by molar-refractivity contribution is 6.14. The van der Waals surface area contributed by atoms with E-state index in [1.165, 1.54) is 12.8 Å². The molecule has 0 rings (SSSR count). The van der Waals surface area contributed by atoms with E-state index < -0.39 is 0 Å². The van der Waals surface area contributed by atoms with Gasteiger partial charge in [-0.25, -0.2) is 0 Å². The summed E-state index contributed by atoms with van der Waals surface area (Å²) in [6, 6.07) is 0. The molecule has 0 aliphatic heterocycles. The third-order valence-electron chi connectivity index (χ3n) is 1.75. The van der Waals surface area contributed by atoms with Crippen LogP contribution in [-0.4, -0.2) is 7.85 Å². The van der Waals surface area contributed by atoms with Gasteiger partial charge in [0.25, 0.3) is 0 Å². The summed E-state index contributed by atoms with van der Waals surface area (Å²) in [7, 11) is 5.86. The molecule has 64 valence electrons. The molecule has 0 saturated heterocycles. The molecule has 11 heavy (non-hydrogen) atoms. The highest BCUT2D eigenvalue weighted by Crippen LogP contribution is 2.30. The van der Waals surface area contributed by atoms with Crippen molar-refractivity contribution in [3.8, 4) is 0 Å². The second kappa shape index (κ2) is 3.64. The van der Waals surface area contributed by atoms with E-state index in [9.17, 15) is 0 Å². The van der Waals surface area contributed by atoms with Gasteiger partial charge in [-0.3, -0.25) is 0 Å². The molecule has 0 aromatic rings. The Hall–Kier alpha value is 0.0649. The Balaban J connectivity index is 3.44. The second-order valence-electron chi connectivity index (χ2n) is 5.40. The maximum Gasteiger partial charge on any atom is 0.0738 e. The molecule has 0 heterocycles. The first-order valence-corrected chi connectivity index (χ1v) is 4.50. The van der Waals surface area contributed by atoms with Crippen LogP contribution in [0, 0.1) is 5.41 Å². The van der Waals surface area contributed by atoms with E-state index in [0.29, 0.717) is 5.41 Å². The second-order valence-corrected chi connectivity index (χ2v) is 5.40. The van der Waals surface area contributed by atoms with Crippen LogP contribution in [-0.2, 0) is 0 Å². The lowest BCUT2D eigenvalue weighted by atomic mass is 9.68. The van der Waals surface area contributed by atoms with Gasteiger partial charge in [0.15, 0.2) is 0 Å². The van der Waals surface area contributed by atoms with Gasteiger partial charge in [0.05, 0.1) is 7.85 Å². The topological polar surface area (TPSA) is 0 Å². The molecule has 0 unspecified atom stereocenters. The van der Waals surface area contributed by atoms with Crippen LogP contribution in [0.15, 0.2) is 0 Å². The molecule has 0 fully saturated rings. The van der Waals surface area contributed by atoms with Crippen molar-refractivity contribution in [1.29, 1.82) is 0 Å². The summed E-state index contributed by atoms with van der Waals surface area (Å²) in [5.74, 6) is 0. The summed E-state index contributed by atoms with van der Waals surface area (Å²) in [5, 5.41) is 0.0191. The summed E-state index contributed by atoms with van der Waals surface area (Å²) < 4.78 is 0. The van der Waals surface area contributed by atoms with E-state index >= 15 is 0 Å². The lowest BCUT2D eigenvalue weighted by Gasteiger charge is -2.22. The van der Waals surface area contributed by atoms with Crippen LogP contribution in [0.5, 0.6) is 0 Å². The van der Waals surface area contributed by atoms with Gasteiger partial charge >= 0.3 is 0 Å². The van der Waals surface area contributed by atoms with Crippen LogP contribution in [0.2, 0.25) is 5.31 Å². The molecular formula is C10H21B. The predicted molar refractivity (Wildman–Crippen MR) is 53.1 cm³/mol. The van der Waals surface area contributed by atoms with Gasteiger partial charge in [-0.2, -0.15) is 0 Å². The van der Waals surface area contributed by atoms with Gasteiger partial charge in [0.2, 0.25) is 0 Å². The molecule has 0 saturated carbocycles. The highest BCUT2D eigenvalue weighted by Gasteiger charge is 2.13. The Kier molecular flexibility index (Phi) is 3.67. The fourth-order valence-corrected chi connectivity index (χ4v) is 1.07. The van der Waals surface area contributed by atoms with Crippen LogP contribution in [0.1, 0.15) is 53.9 Å². The van der Waals surface area contributed by atoms with Crippen molar-refractivity contribution < 1.29 is 0 Å². The van der Waals surface area contributed by atoms with E-state index in [1.807, 2.05) is 0 Å². The van der Waals surface area contributed by atoms with Gasteiger partial charge in [-0.05, 0) is 11.8 Å². The average molecular weight is 152 g/mol. The summed E-state index contributed by atoms with van der Waals surface area (Å²) in [4.78, 5) is 0. The quantitative estimate of drug-likeness (QED) is 0.542. The Labute approximate surface area is 73.2 Å². The first-order chi connectivity index (χ1) is 4.71. The van der Waals surface area contributed by atoms with Gasteiger partial charge in [0.1, 0.15) is 0 Å². The molecule has 0 aliphatic carbocycles. The Bertz CT molecular complexity index is 89.0. The fraction of sp³-hybridized carbons (Fsp3) is 1.00. The molecule has 0 atom stereocenters. The van der Waals surface area contributed by atoms with Crippen LogP contribution < -0.4 is 0 Å². The molecular weight excluding hydrogens is 131 g/mol. The molecule has 0 nitrogen and oxygen atoms in total. The molecule has 0 amide bonds. The minimum Gasteiger partial charge on any atom is -0.0716 e. The first kappa shape index (κ1) is 11.1. The summed E-state index contributed by atoms with van der Waals surface area (Å²) in [6.45, 7) is 11.0. The molecule has 2 radical (unpaired) electrons. The number of hydrogen-bond donors (Lipinski definition) is 0. The molecule has 0 aromatic carbocycles. The molecule has 0 spiro atoms. The lowest BCUT2D eigenvalue weighted by molar-refractivity contribution is 0.350. The standard InChI is InChI=1S/C10H21B/c1-9(2,3)7-6-8-10(4,5)11/h6-8H2,1-5H3. The van der Waals surface area contributed by atoms with Crippen molar-refractivity contribution in [2.75, 3.05) is 0 Å². The number of hydrogen-bond acceptors (Lipinski definition) is 0. The monoisotopic (exact) mass is 152 g/mol. The summed E-state index contributed by atoms with van der Waals surface area (Å²) >= 11 is 0. The van der Waals surface area contributed by atoms with Gasteiger partial charge in [-0.15, -0.1) is 0 Å². The Morgan fingerprint density at radius 2 is 1.36 bits per heavy atom. The summed E-state index contributed by atoms with van der Waals surface area (Å²) in [6.07, 6.45) is 3.64. The molecule has 0 aliphatic rings. The average Bonchev–Trinajstić information content (AvgIpc) is 1.55. The van der Waals surface area contributed by atoms with E-state index in [0.717, 1.165) is 6.42 Å². The first-order valence-electron chi connectivity index (χ1n) is 4.50. The van der Waals surface area contributed by atoms with Crippen molar-refractivity contribution in [1.82, 2.24) is 0 Å². The van der Waals surface area contributed by atoms with E-state index in [4.69, 9.17) is 7.85 Å². The number of rotatable bonds is 3. The molecule has 1 heteroatoms.